The number of ether oxygens (including phenoxy) is 2. The second kappa shape index (κ2) is 9.63. The van der Waals surface area contributed by atoms with Crippen molar-refractivity contribution < 1.29 is 14.3 Å². The third-order valence-electron chi connectivity index (χ3n) is 4.88. The summed E-state index contributed by atoms with van der Waals surface area (Å²) in [6, 6.07) is 24.7. The topological polar surface area (TPSA) is 64.8 Å². The zero-order valence-electron chi connectivity index (χ0n) is 17.2. The summed E-state index contributed by atoms with van der Waals surface area (Å²) in [5.74, 6) is 1.18. The Morgan fingerprint density at radius 3 is 2.48 bits per heavy atom. The van der Waals surface area contributed by atoms with Gasteiger partial charge in [0.25, 0.3) is 5.91 Å². The quantitative estimate of drug-likeness (QED) is 0.342. The summed E-state index contributed by atoms with van der Waals surface area (Å²) in [4.78, 5) is 12.2. The summed E-state index contributed by atoms with van der Waals surface area (Å²) in [5, 5.41) is 5.20. The highest BCUT2D eigenvalue weighted by atomic mass is 16.5. The number of para-hydroxylation sites is 3. The molecule has 0 saturated carbocycles. The van der Waals surface area contributed by atoms with E-state index in [-0.39, 0.29) is 5.91 Å². The van der Waals surface area contributed by atoms with Gasteiger partial charge in [-0.05, 0) is 30.3 Å². The second-order valence-corrected chi connectivity index (χ2v) is 6.86. The first-order valence-electron chi connectivity index (χ1n) is 9.98. The van der Waals surface area contributed by atoms with Crippen LogP contribution in [0.4, 0.5) is 0 Å². The molecule has 31 heavy (non-hydrogen) atoms. The maximum absolute atomic E-state index is 12.2. The Kier molecular flexibility index (Phi) is 6.28. The van der Waals surface area contributed by atoms with Gasteiger partial charge in [0.05, 0.1) is 19.9 Å². The summed E-state index contributed by atoms with van der Waals surface area (Å²) >= 11 is 0. The van der Waals surface area contributed by atoms with Crippen LogP contribution in [0.25, 0.3) is 10.9 Å². The number of aromatic nitrogens is 1. The standard InChI is InChI=1S/C25H23N3O3/c1-30-23-13-7-8-14-24(23)31-16-15-28-18-20(21-11-5-6-12-22(21)28)17-26-27-25(29)19-9-3-2-4-10-19/h2-14,17-18H,15-16H2,1H3,(H,27,29). The molecule has 0 aliphatic carbocycles. The maximum Gasteiger partial charge on any atom is 0.271 e. The average molecular weight is 413 g/mol. The van der Waals surface area contributed by atoms with Crippen LogP contribution < -0.4 is 14.9 Å². The molecule has 1 N–H and O–H groups in total. The summed E-state index contributed by atoms with van der Waals surface area (Å²) in [6.07, 6.45) is 3.68. The summed E-state index contributed by atoms with van der Waals surface area (Å²) in [6.45, 7) is 1.14. The fourth-order valence-corrected chi connectivity index (χ4v) is 3.37. The van der Waals surface area contributed by atoms with Crippen molar-refractivity contribution in [2.75, 3.05) is 13.7 Å². The van der Waals surface area contributed by atoms with Crippen molar-refractivity contribution in [3.05, 3.63) is 96.2 Å². The van der Waals surface area contributed by atoms with Gasteiger partial charge in [-0.1, -0.05) is 48.5 Å². The predicted octanol–water partition coefficient (Wildman–Crippen LogP) is 4.49. The van der Waals surface area contributed by atoms with E-state index in [4.69, 9.17) is 9.47 Å². The van der Waals surface area contributed by atoms with E-state index in [0.29, 0.717) is 30.2 Å². The van der Waals surface area contributed by atoms with Gasteiger partial charge in [0.15, 0.2) is 11.5 Å². The molecule has 1 heterocycles. The molecule has 0 unspecified atom stereocenters. The molecule has 0 fully saturated rings. The maximum atomic E-state index is 12.2. The first kappa shape index (κ1) is 20.2. The van der Waals surface area contributed by atoms with E-state index in [0.717, 1.165) is 16.5 Å². The fraction of sp³-hybridized carbons (Fsp3) is 0.120. The number of carbonyl (C=O) groups is 1. The first-order valence-corrected chi connectivity index (χ1v) is 9.98. The number of amides is 1. The number of carbonyl (C=O) groups excluding carboxylic acids is 1. The minimum Gasteiger partial charge on any atom is -0.493 e. The van der Waals surface area contributed by atoms with Gasteiger partial charge in [-0.2, -0.15) is 5.10 Å². The van der Waals surface area contributed by atoms with E-state index in [1.54, 1.807) is 25.5 Å². The molecule has 6 nitrogen and oxygen atoms in total. The van der Waals surface area contributed by atoms with Crippen LogP contribution in [0.15, 0.2) is 90.2 Å². The van der Waals surface area contributed by atoms with Crippen molar-refractivity contribution in [3.63, 3.8) is 0 Å². The molecule has 4 rings (SSSR count). The van der Waals surface area contributed by atoms with Gasteiger partial charge in [0.2, 0.25) is 0 Å². The number of nitrogens with zero attached hydrogens (tertiary/aromatic N) is 2. The molecular weight excluding hydrogens is 390 g/mol. The molecule has 1 amide bonds. The number of rotatable bonds is 8. The Morgan fingerprint density at radius 1 is 0.968 bits per heavy atom. The number of hydrazone groups is 1. The Balaban J connectivity index is 1.46. The van der Waals surface area contributed by atoms with Crippen molar-refractivity contribution in [2.24, 2.45) is 5.10 Å². The summed E-state index contributed by atoms with van der Waals surface area (Å²) in [7, 11) is 1.63. The Hall–Kier alpha value is -4.06. The molecule has 156 valence electrons. The first-order chi connectivity index (χ1) is 15.3. The average Bonchev–Trinajstić information content (AvgIpc) is 3.17. The van der Waals surface area contributed by atoms with Crippen molar-refractivity contribution in [1.82, 2.24) is 9.99 Å². The van der Waals surface area contributed by atoms with Crippen molar-refractivity contribution >= 4 is 23.0 Å². The van der Waals surface area contributed by atoms with Crippen LogP contribution in [-0.4, -0.2) is 30.4 Å². The molecule has 1 aromatic heterocycles. The lowest BCUT2D eigenvalue weighted by atomic mass is 10.2. The number of hydrogen-bond donors (Lipinski definition) is 1. The monoisotopic (exact) mass is 413 g/mol. The lowest BCUT2D eigenvalue weighted by Gasteiger charge is -2.11. The van der Waals surface area contributed by atoms with Gasteiger partial charge in [0, 0.05) is 28.2 Å². The van der Waals surface area contributed by atoms with E-state index in [9.17, 15) is 4.79 Å². The normalized spacial score (nSPS) is 11.0. The smallest absolute Gasteiger partial charge is 0.271 e. The van der Waals surface area contributed by atoms with Crippen LogP contribution in [0.2, 0.25) is 0 Å². The minimum atomic E-state index is -0.245. The highest BCUT2D eigenvalue weighted by Crippen LogP contribution is 2.26. The lowest BCUT2D eigenvalue weighted by molar-refractivity contribution is 0.0955. The third-order valence-corrected chi connectivity index (χ3v) is 4.88. The lowest BCUT2D eigenvalue weighted by Crippen LogP contribution is -2.17. The zero-order valence-corrected chi connectivity index (χ0v) is 17.2. The molecule has 0 spiro atoms. The summed E-state index contributed by atoms with van der Waals surface area (Å²) < 4.78 is 13.4. The number of nitrogens with one attached hydrogen (secondary N) is 1. The summed E-state index contributed by atoms with van der Waals surface area (Å²) in [5.41, 5.74) is 5.14. The van der Waals surface area contributed by atoms with E-state index in [2.05, 4.69) is 21.2 Å². The van der Waals surface area contributed by atoms with Gasteiger partial charge in [-0.15, -0.1) is 0 Å². The van der Waals surface area contributed by atoms with Crippen LogP contribution in [-0.2, 0) is 6.54 Å². The third kappa shape index (κ3) is 4.75. The Bertz CT molecular complexity index is 1200. The predicted molar refractivity (Wildman–Crippen MR) is 122 cm³/mol. The van der Waals surface area contributed by atoms with Crippen molar-refractivity contribution in [2.45, 2.75) is 6.54 Å². The van der Waals surface area contributed by atoms with Crippen LogP contribution in [0.1, 0.15) is 15.9 Å². The largest absolute Gasteiger partial charge is 0.493 e. The van der Waals surface area contributed by atoms with E-state index in [1.807, 2.05) is 66.9 Å². The highest BCUT2D eigenvalue weighted by Gasteiger charge is 2.08. The Morgan fingerprint density at radius 2 is 1.68 bits per heavy atom. The zero-order chi connectivity index (χ0) is 21.5. The Labute approximate surface area is 180 Å². The van der Waals surface area contributed by atoms with Gasteiger partial charge in [-0.3, -0.25) is 4.79 Å². The van der Waals surface area contributed by atoms with E-state index >= 15 is 0 Å². The number of benzene rings is 3. The van der Waals surface area contributed by atoms with Gasteiger partial charge >= 0.3 is 0 Å². The van der Waals surface area contributed by atoms with E-state index < -0.39 is 0 Å². The second-order valence-electron chi connectivity index (χ2n) is 6.86. The van der Waals surface area contributed by atoms with Crippen LogP contribution in [0.3, 0.4) is 0 Å². The number of fused-ring (bicyclic) bond motifs is 1. The number of hydrogen-bond acceptors (Lipinski definition) is 4. The molecule has 0 bridgehead atoms. The molecule has 0 saturated heterocycles. The highest BCUT2D eigenvalue weighted by molar-refractivity contribution is 6.00. The minimum absolute atomic E-state index is 0.245. The molecule has 6 heteroatoms. The molecule has 3 aromatic carbocycles. The van der Waals surface area contributed by atoms with Crippen LogP contribution >= 0.6 is 0 Å². The number of methoxy groups -OCH3 is 1. The van der Waals surface area contributed by atoms with Gasteiger partial charge in [-0.25, -0.2) is 5.43 Å². The molecule has 0 aliphatic heterocycles. The van der Waals surface area contributed by atoms with Crippen molar-refractivity contribution in [1.29, 1.82) is 0 Å². The SMILES string of the molecule is COc1ccccc1OCCn1cc(C=NNC(=O)c2ccccc2)c2ccccc21. The molecular formula is C25H23N3O3. The van der Waals surface area contributed by atoms with Crippen molar-refractivity contribution in [3.8, 4) is 11.5 Å². The van der Waals surface area contributed by atoms with Gasteiger partial charge < -0.3 is 14.0 Å². The van der Waals surface area contributed by atoms with Gasteiger partial charge in [0.1, 0.15) is 6.61 Å². The molecule has 4 aromatic rings. The molecule has 0 radical (unpaired) electrons. The molecule has 0 aliphatic rings. The van der Waals surface area contributed by atoms with E-state index in [1.165, 1.54) is 0 Å². The molecule has 0 atom stereocenters. The van der Waals surface area contributed by atoms with Crippen LogP contribution in [0.5, 0.6) is 11.5 Å². The van der Waals surface area contributed by atoms with Crippen LogP contribution in [0, 0.1) is 0 Å². The fourth-order valence-electron chi connectivity index (χ4n) is 3.37.